The van der Waals surface area contributed by atoms with E-state index in [2.05, 4.69) is 69.4 Å². The number of carbonyl (C=O) groups is 2. The maximum atomic E-state index is 12.7. The summed E-state index contributed by atoms with van der Waals surface area (Å²) in [5.74, 6) is -0.428. The number of allylic oxidation sites excluding steroid dienone is 8. The standard InChI is InChI=1S/C47H84O5/c1-4-7-10-13-16-19-22-24-26-28-31-34-37-40-46(48)51-44-45(43-50-42-39-36-33-30-21-18-15-12-9-6-3)52-47(49)41-38-35-32-29-27-25-23-20-17-14-11-8-5-2/h10-11,13-14,19-20,22-23,45H,4-9,12,15-18,21,24-44H2,1-3H3/b13-10-,14-11-,22-19-,23-20-. The molecule has 0 aliphatic rings. The van der Waals surface area contributed by atoms with Crippen molar-refractivity contribution in [2.75, 3.05) is 19.8 Å². The molecule has 1 atom stereocenters. The van der Waals surface area contributed by atoms with Gasteiger partial charge in [-0.2, -0.15) is 0 Å². The highest BCUT2D eigenvalue weighted by molar-refractivity contribution is 5.70. The number of hydrogen-bond donors (Lipinski definition) is 0. The molecular formula is C47H84O5. The minimum atomic E-state index is -0.543. The molecule has 0 rings (SSSR count). The van der Waals surface area contributed by atoms with Gasteiger partial charge in [0, 0.05) is 19.4 Å². The highest BCUT2D eigenvalue weighted by atomic mass is 16.6. The van der Waals surface area contributed by atoms with E-state index in [1.807, 2.05) is 0 Å². The first-order chi connectivity index (χ1) is 25.6. The molecule has 302 valence electrons. The van der Waals surface area contributed by atoms with E-state index in [1.165, 1.54) is 103 Å². The van der Waals surface area contributed by atoms with Crippen LogP contribution in [0, 0.1) is 0 Å². The highest BCUT2D eigenvalue weighted by Gasteiger charge is 2.17. The first-order valence-corrected chi connectivity index (χ1v) is 22.2. The van der Waals surface area contributed by atoms with Crippen LogP contribution in [0.2, 0.25) is 0 Å². The molecular weight excluding hydrogens is 645 g/mol. The Morgan fingerprint density at radius 1 is 0.423 bits per heavy atom. The fraction of sp³-hybridized carbons (Fsp3) is 0.787. The van der Waals surface area contributed by atoms with Crippen LogP contribution >= 0.6 is 0 Å². The lowest BCUT2D eigenvalue weighted by Crippen LogP contribution is -2.30. The SMILES string of the molecule is CCC/C=C\C/C=C\CCCCCCCC(=O)OCC(COCCCCCCCCCCCC)OC(=O)CCCCCCC/C=C\C/C=C\CCC. The lowest BCUT2D eigenvalue weighted by Gasteiger charge is -2.18. The molecule has 0 bridgehead atoms. The van der Waals surface area contributed by atoms with Gasteiger partial charge in [0.2, 0.25) is 0 Å². The van der Waals surface area contributed by atoms with Crippen molar-refractivity contribution in [3.05, 3.63) is 48.6 Å². The minimum Gasteiger partial charge on any atom is -0.462 e. The average molecular weight is 729 g/mol. The van der Waals surface area contributed by atoms with E-state index in [0.29, 0.717) is 19.4 Å². The van der Waals surface area contributed by atoms with Crippen LogP contribution in [-0.2, 0) is 23.8 Å². The number of rotatable bonds is 40. The fourth-order valence-corrected chi connectivity index (χ4v) is 6.00. The second-order valence-electron chi connectivity index (χ2n) is 14.6. The van der Waals surface area contributed by atoms with Crippen LogP contribution in [0.1, 0.15) is 213 Å². The normalized spacial score (nSPS) is 12.6. The zero-order valence-electron chi connectivity index (χ0n) is 34.6. The molecule has 0 radical (unpaired) electrons. The van der Waals surface area contributed by atoms with Crippen molar-refractivity contribution in [2.45, 2.75) is 219 Å². The number of esters is 2. The maximum absolute atomic E-state index is 12.7. The third-order valence-corrected chi connectivity index (χ3v) is 9.30. The summed E-state index contributed by atoms with van der Waals surface area (Å²) in [6.45, 7) is 7.67. The van der Waals surface area contributed by atoms with E-state index in [-0.39, 0.29) is 25.2 Å². The van der Waals surface area contributed by atoms with Crippen LogP contribution in [0.5, 0.6) is 0 Å². The third-order valence-electron chi connectivity index (χ3n) is 9.30. The topological polar surface area (TPSA) is 61.8 Å². The predicted molar refractivity (Wildman–Crippen MR) is 224 cm³/mol. The Morgan fingerprint density at radius 2 is 0.846 bits per heavy atom. The van der Waals surface area contributed by atoms with Crippen molar-refractivity contribution in [3.8, 4) is 0 Å². The molecule has 5 nitrogen and oxygen atoms in total. The van der Waals surface area contributed by atoms with Crippen LogP contribution in [0.25, 0.3) is 0 Å². The van der Waals surface area contributed by atoms with Crippen LogP contribution < -0.4 is 0 Å². The Morgan fingerprint density at radius 3 is 1.35 bits per heavy atom. The Kier molecular flexibility index (Phi) is 41.5. The van der Waals surface area contributed by atoms with E-state index < -0.39 is 6.10 Å². The summed E-state index contributed by atoms with van der Waals surface area (Å²) >= 11 is 0. The highest BCUT2D eigenvalue weighted by Crippen LogP contribution is 2.13. The van der Waals surface area contributed by atoms with Crippen molar-refractivity contribution < 1.29 is 23.8 Å². The molecule has 1 unspecified atom stereocenters. The van der Waals surface area contributed by atoms with Gasteiger partial charge in [0.15, 0.2) is 6.10 Å². The first kappa shape index (κ1) is 49.9. The van der Waals surface area contributed by atoms with Gasteiger partial charge in [0.1, 0.15) is 6.61 Å². The van der Waals surface area contributed by atoms with Gasteiger partial charge < -0.3 is 14.2 Å². The molecule has 0 aromatic rings. The van der Waals surface area contributed by atoms with Gasteiger partial charge >= 0.3 is 11.9 Å². The molecule has 0 aliphatic carbocycles. The van der Waals surface area contributed by atoms with Gasteiger partial charge in [-0.25, -0.2) is 0 Å². The third kappa shape index (κ3) is 40.6. The summed E-state index contributed by atoms with van der Waals surface area (Å²) in [6.07, 6.45) is 51.0. The summed E-state index contributed by atoms with van der Waals surface area (Å²) in [4.78, 5) is 25.2. The number of ether oxygens (including phenoxy) is 3. The number of carbonyl (C=O) groups excluding carboxylic acids is 2. The van der Waals surface area contributed by atoms with E-state index in [4.69, 9.17) is 14.2 Å². The molecule has 0 heterocycles. The van der Waals surface area contributed by atoms with E-state index in [1.54, 1.807) is 0 Å². The quantitative estimate of drug-likeness (QED) is 0.0357. The Hall–Kier alpha value is -2.14. The summed E-state index contributed by atoms with van der Waals surface area (Å²) < 4.78 is 17.3. The largest absolute Gasteiger partial charge is 0.462 e. The molecule has 5 heteroatoms. The monoisotopic (exact) mass is 729 g/mol. The van der Waals surface area contributed by atoms with Gasteiger partial charge in [-0.1, -0.05) is 179 Å². The Labute approximate surface area is 322 Å². The molecule has 0 aromatic heterocycles. The molecule has 0 aromatic carbocycles. The summed E-state index contributed by atoms with van der Waals surface area (Å²) in [6, 6.07) is 0. The lowest BCUT2D eigenvalue weighted by atomic mass is 10.1. The van der Waals surface area contributed by atoms with Crippen molar-refractivity contribution in [2.24, 2.45) is 0 Å². The summed E-state index contributed by atoms with van der Waals surface area (Å²) in [5, 5.41) is 0. The number of unbranched alkanes of at least 4 members (excludes halogenated alkanes) is 21. The second kappa shape index (κ2) is 43.3. The first-order valence-electron chi connectivity index (χ1n) is 22.2. The van der Waals surface area contributed by atoms with Crippen molar-refractivity contribution in [1.29, 1.82) is 0 Å². The van der Waals surface area contributed by atoms with E-state index in [0.717, 1.165) is 77.0 Å². The zero-order chi connectivity index (χ0) is 37.8. The predicted octanol–water partition coefficient (Wildman–Crippen LogP) is 14.4. The maximum Gasteiger partial charge on any atom is 0.306 e. The minimum absolute atomic E-state index is 0.0739. The van der Waals surface area contributed by atoms with Crippen molar-refractivity contribution >= 4 is 11.9 Å². The fourth-order valence-electron chi connectivity index (χ4n) is 6.00. The summed E-state index contributed by atoms with van der Waals surface area (Å²) in [7, 11) is 0. The smallest absolute Gasteiger partial charge is 0.306 e. The zero-order valence-corrected chi connectivity index (χ0v) is 34.6. The van der Waals surface area contributed by atoms with Gasteiger partial charge in [0.05, 0.1) is 6.61 Å². The molecule has 0 saturated carbocycles. The second-order valence-corrected chi connectivity index (χ2v) is 14.6. The Bertz CT molecular complexity index is 873. The molecule has 0 aliphatic heterocycles. The van der Waals surface area contributed by atoms with Crippen LogP contribution in [0.4, 0.5) is 0 Å². The molecule has 0 amide bonds. The van der Waals surface area contributed by atoms with Gasteiger partial charge in [-0.15, -0.1) is 0 Å². The van der Waals surface area contributed by atoms with Gasteiger partial charge in [-0.3, -0.25) is 9.59 Å². The van der Waals surface area contributed by atoms with Crippen LogP contribution in [0.3, 0.4) is 0 Å². The van der Waals surface area contributed by atoms with Crippen LogP contribution in [0.15, 0.2) is 48.6 Å². The van der Waals surface area contributed by atoms with E-state index in [9.17, 15) is 9.59 Å². The molecule has 0 spiro atoms. The van der Waals surface area contributed by atoms with Crippen LogP contribution in [-0.4, -0.2) is 37.9 Å². The average Bonchev–Trinajstić information content (AvgIpc) is 3.14. The Balaban J connectivity index is 4.28. The van der Waals surface area contributed by atoms with Crippen molar-refractivity contribution in [1.82, 2.24) is 0 Å². The van der Waals surface area contributed by atoms with E-state index >= 15 is 0 Å². The molecule has 0 fully saturated rings. The molecule has 52 heavy (non-hydrogen) atoms. The molecule has 0 N–H and O–H groups in total. The lowest BCUT2D eigenvalue weighted by molar-refractivity contribution is -0.163. The summed E-state index contributed by atoms with van der Waals surface area (Å²) in [5.41, 5.74) is 0. The molecule has 0 saturated heterocycles. The number of hydrogen-bond acceptors (Lipinski definition) is 5. The van der Waals surface area contributed by atoms with Gasteiger partial charge in [-0.05, 0) is 70.6 Å². The van der Waals surface area contributed by atoms with Gasteiger partial charge in [0.25, 0.3) is 0 Å². The van der Waals surface area contributed by atoms with Crippen molar-refractivity contribution in [3.63, 3.8) is 0 Å².